The molecule has 0 radical (unpaired) electrons. The summed E-state index contributed by atoms with van der Waals surface area (Å²) < 4.78 is 5.12. The van der Waals surface area contributed by atoms with Gasteiger partial charge in [0.05, 0.1) is 18.7 Å². The third kappa shape index (κ3) is 3.54. The first-order valence-electron chi connectivity index (χ1n) is 6.82. The van der Waals surface area contributed by atoms with Gasteiger partial charge in [0.15, 0.2) is 0 Å². The number of carbonyl (C=O) groups is 1. The number of anilines is 1. The van der Waals surface area contributed by atoms with Crippen molar-refractivity contribution in [3.8, 4) is 5.75 Å². The van der Waals surface area contributed by atoms with Crippen molar-refractivity contribution in [2.75, 3.05) is 12.8 Å². The fraction of sp³-hybridized carbons (Fsp3) is 0.235. The molecule has 1 amide bonds. The van der Waals surface area contributed by atoms with Crippen molar-refractivity contribution in [3.63, 3.8) is 0 Å². The van der Waals surface area contributed by atoms with Gasteiger partial charge in [-0.15, -0.1) is 0 Å². The Labute approximate surface area is 124 Å². The van der Waals surface area contributed by atoms with Crippen LogP contribution in [0.25, 0.3) is 0 Å². The number of ether oxygens (including phenoxy) is 1. The largest absolute Gasteiger partial charge is 0.497 e. The first-order chi connectivity index (χ1) is 10.0. The molecule has 0 aliphatic rings. The SMILES string of the molecule is COc1ccc(C(C)NC(=O)c2ccc(C)cc2N)cc1. The molecule has 0 aliphatic carbocycles. The first kappa shape index (κ1) is 14.9. The molecule has 0 saturated carbocycles. The molecule has 2 rings (SSSR count). The van der Waals surface area contributed by atoms with E-state index in [-0.39, 0.29) is 11.9 Å². The highest BCUT2D eigenvalue weighted by atomic mass is 16.5. The summed E-state index contributed by atoms with van der Waals surface area (Å²) in [6, 6.07) is 12.9. The van der Waals surface area contributed by atoms with Crippen molar-refractivity contribution >= 4 is 11.6 Å². The molecule has 110 valence electrons. The Morgan fingerprint density at radius 3 is 2.43 bits per heavy atom. The Morgan fingerprint density at radius 1 is 1.19 bits per heavy atom. The zero-order valence-electron chi connectivity index (χ0n) is 12.5. The van der Waals surface area contributed by atoms with Crippen LogP contribution < -0.4 is 15.8 Å². The lowest BCUT2D eigenvalue weighted by Crippen LogP contribution is -2.27. The van der Waals surface area contributed by atoms with E-state index in [1.807, 2.05) is 44.2 Å². The molecule has 3 N–H and O–H groups in total. The number of nitrogen functional groups attached to an aromatic ring is 1. The lowest BCUT2D eigenvalue weighted by molar-refractivity contribution is 0.0941. The zero-order chi connectivity index (χ0) is 15.4. The van der Waals surface area contributed by atoms with Gasteiger partial charge in [0.1, 0.15) is 5.75 Å². The average molecular weight is 284 g/mol. The number of rotatable bonds is 4. The number of carbonyl (C=O) groups excluding carboxylic acids is 1. The second kappa shape index (κ2) is 6.31. The summed E-state index contributed by atoms with van der Waals surface area (Å²) in [6.45, 7) is 3.88. The van der Waals surface area contributed by atoms with Gasteiger partial charge in [-0.3, -0.25) is 4.79 Å². The lowest BCUT2D eigenvalue weighted by Gasteiger charge is -2.16. The van der Waals surface area contributed by atoms with Gasteiger partial charge in [0, 0.05) is 5.69 Å². The van der Waals surface area contributed by atoms with Crippen LogP contribution in [0.4, 0.5) is 5.69 Å². The molecule has 0 aromatic heterocycles. The Balaban J connectivity index is 2.10. The quantitative estimate of drug-likeness (QED) is 0.848. The molecule has 2 aromatic carbocycles. The van der Waals surface area contributed by atoms with E-state index in [0.717, 1.165) is 16.9 Å². The lowest BCUT2D eigenvalue weighted by atomic mass is 10.1. The minimum atomic E-state index is -0.171. The Bertz CT molecular complexity index is 636. The van der Waals surface area contributed by atoms with Crippen LogP contribution in [0, 0.1) is 6.92 Å². The maximum absolute atomic E-state index is 12.3. The summed E-state index contributed by atoms with van der Waals surface area (Å²) in [6.07, 6.45) is 0. The van der Waals surface area contributed by atoms with E-state index in [2.05, 4.69) is 5.32 Å². The van der Waals surface area contributed by atoms with E-state index in [1.54, 1.807) is 19.2 Å². The topological polar surface area (TPSA) is 64.3 Å². The minimum Gasteiger partial charge on any atom is -0.497 e. The summed E-state index contributed by atoms with van der Waals surface area (Å²) in [5, 5.41) is 2.95. The monoisotopic (exact) mass is 284 g/mol. The Hall–Kier alpha value is -2.49. The van der Waals surface area contributed by atoms with Crippen LogP contribution >= 0.6 is 0 Å². The van der Waals surface area contributed by atoms with Gasteiger partial charge in [0.2, 0.25) is 0 Å². The van der Waals surface area contributed by atoms with Crippen LogP contribution in [0.15, 0.2) is 42.5 Å². The van der Waals surface area contributed by atoms with Crippen LogP contribution in [-0.4, -0.2) is 13.0 Å². The highest BCUT2D eigenvalue weighted by Crippen LogP contribution is 2.19. The number of nitrogens with one attached hydrogen (secondary N) is 1. The highest BCUT2D eigenvalue weighted by Gasteiger charge is 2.13. The van der Waals surface area contributed by atoms with Gasteiger partial charge in [-0.05, 0) is 49.2 Å². The second-order valence-corrected chi connectivity index (χ2v) is 5.06. The average Bonchev–Trinajstić information content (AvgIpc) is 2.47. The number of nitrogens with two attached hydrogens (primary N) is 1. The summed E-state index contributed by atoms with van der Waals surface area (Å²) in [4.78, 5) is 12.3. The number of hydrogen-bond donors (Lipinski definition) is 2. The van der Waals surface area contributed by atoms with Gasteiger partial charge < -0.3 is 15.8 Å². The molecule has 0 spiro atoms. The molecule has 4 heteroatoms. The van der Waals surface area contributed by atoms with Crippen LogP contribution in [0.5, 0.6) is 5.75 Å². The van der Waals surface area contributed by atoms with Crippen molar-refractivity contribution < 1.29 is 9.53 Å². The van der Waals surface area contributed by atoms with Crippen molar-refractivity contribution in [2.24, 2.45) is 0 Å². The van der Waals surface area contributed by atoms with E-state index in [4.69, 9.17) is 10.5 Å². The van der Waals surface area contributed by atoms with Crippen LogP contribution in [0.1, 0.15) is 34.5 Å². The van der Waals surface area contributed by atoms with Crippen molar-refractivity contribution in [2.45, 2.75) is 19.9 Å². The molecule has 0 aliphatic heterocycles. The molecular weight excluding hydrogens is 264 g/mol. The number of methoxy groups -OCH3 is 1. The Kier molecular flexibility index (Phi) is 4.48. The summed E-state index contributed by atoms with van der Waals surface area (Å²) in [7, 11) is 1.63. The summed E-state index contributed by atoms with van der Waals surface area (Å²) in [5.41, 5.74) is 8.94. The number of hydrogen-bond acceptors (Lipinski definition) is 3. The fourth-order valence-corrected chi connectivity index (χ4v) is 2.14. The van der Waals surface area contributed by atoms with Gasteiger partial charge >= 0.3 is 0 Å². The van der Waals surface area contributed by atoms with E-state index >= 15 is 0 Å². The number of aryl methyl sites for hydroxylation is 1. The van der Waals surface area contributed by atoms with E-state index in [1.165, 1.54) is 0 Å². The van der Waals surface area contributed by atoms with E-state index in [9.17, 15) is 4.79 Å². The minimum absolute atomic E-state index is 0.107. The number of amides is 1. The molecule has 0 saturated heterocycles. The van der Waals surface area contributed by atoms with Gasteiger partial charge in [-0.1, -0.05) is 18.2 Å². The van der Waals surface area contributed by atoms with E-state index in [0.29, 0.717) is 11.3 Å². The summed E-state index contributed by atoms with van der Waals surface area (Å²) >= 11 is 0. The molecule has 0 heterocycles. The predicted octanol–water partition coefficient (Wildman–Crippen LogP) is 3.08. The van der Waals surface area contributed by atoms with Crippen molar-refractivity contribution in [3.05, 3.63) is 59.2 Å². The summed E-state index contributed by atoms with van der Waals surface area (Å²) in [5.74, 6) is 0.621. The van der Waals surface area contributed by atoms with Crippen LogP contribution in [0.2, 0.25) is 0 Å². The molecule has 2 aromatic rings. The van der Waals surface area contributed by atoms with Crippen LogP contribution in [-0.2, 0) is 0 Å². The maximum atomic E-state index is 12.3. The predicted molar refractivity (Wildman–Crippen MR) is 84.5 cm³/mol. The highest BCUT2D eigenvalue weighted by molar-refractivity contribution is 5.99. The first-order valence-corrected chi connectivity index (χ1v) is 6.82. The zero-order valence-corrected chi connectivity index (χ0v) is 12.5. The standard InChI is InChI=1S/C17H20N2O2/c1-11-4-9-15(16(18)10-11)17(20)19-12(2)13-5-7-14(21-3)8-6-13/h4-10,12H,18H2,1-3H3,(H,19,20). The molecule has 0 bridgehead atoms. The van der Waals surface area contributed by atoms with Gasteiger partial charge in [-0.25, -0.2) is 0 Å². The second-order valence-electron chi connectivity index (χ2n) is 5.06. The number of benzene rings is 2. The van der Waals surface area contributed by atoms with E-state index < -0.39 is 0 Å². The molecule has 1 unspecified atom stereocenters. The molecular formula is C17H20N2O2. The smallest absolute Gasteiger partial charge is 0.253 e. The third-order valence-electron chi connectivity index (χ3n) is 3.42. The fourth-order valence-electron chi connectivity index (χ4n) is 2.14. The van der Waals surface area contributed by atoms with Crippen LogP contribution in [0.3, 0.4) is 0 Å². The van der Waals surface area contributed by atoms with Gasteiger partial charge in [-0.2, -0.15) is 0 Å². The van der Waals surface area contributed by atoms with Crippen molar-refractivity contribution in [1.29, 1.82) is 0 Å². The maximum Gasteiger partial charge on any atom is 0.253 e. The van der Waals surface area contributed by atoms with Gasteiger partial charge in [0.25, 0.3) is 5.91 Å². The third-order valence-corrected chi connectivity index (χ3v) is 3.42. The Morgan fingerprint density at radius 2 is 1.86 bits per heavy atom. The molecule has 1 atom stereocenters. The van der Waals surface area contributed by atoms with Crippen molar-refractivity contribution in [1.82, 2.24) is 5.32 Å². The normalized spacial score (nSPS) is 11.8. The molecule has 4 nitrogen and oxygen atoms in total. The molecule has 21 heavy (non-hydrogen) atoms. The molecule has 0 fully saturated rings.